The molecule has 0 saturated carbocycles. The van der Waals surface area contributed by atoms with Crippen LogP contribution in [-0.2, 0) is 25.8 Å². The molecule has 1 saturated heterocycles. The number of hydrogen-bond acceptors (Lipinski definition) is 4. The van der Waals surface area contributed by atoms with Crippen LogP contribution in [0.5, 0.6) is 0 Å². The number of anilines is 1. The summed E-state index contributed by atoms with van der Waals surface area (Å²) in [4.78, 5) is 0. The minimum Gasteiger partial charge on any atom is -0.258 e. The zero-order valence-electron chi connectivity index (χ0n) is 18.4. The fourth-order valence-corrected chi connectivity index (χ4v) is 6.50. The molecule has 0 aliphatic carbocycles. The van der Waals surface area contributed by atoms with Gasteiger partial charge >= 0.3 is 6.18 Å². The number of sulfonamides is 2. The smallest absolute Gasteiger partial charge is 0.258 e. The first-order valence-electron chi connectivity index (χ1n) is 10.4. The minimum atomic E-state index is -4.94. The normalized spacial score (nSPS) is 16.5. The van der Waals surface area contributed by atoms with Gasteiger partial charge in [-0.25, -0.2) is 25.5 Å². The Morgan fingerprint density at radius 3 is 2.15 bits per heavy atom. The van der Waals surface area contributed by atoms with Crippen molar-refractivity contribution in [2.45, 2.75) is 30.7 Å². The van der Waals surface area contributed by atoms with Crippen molar-refractivity contribution in [1.29, 1.82) is 0 Å². The largest absolute Gasteiger partial charge is 0.407 e. The average molecular weight is 522 g/mol. The number of nitrogens with zero attached hydrogens (tertiary/aromatic N) is 2. The summed E-state index contributed by atoms with van der Waals surface area (Å²) in [5.74, 6) is -2.44. The van der Waals surface area contributed by atoms with Crippen LogP contribution in [0.1, 0.15) is 35.4 Å². The maximum atomic E-state index is 15.3. The first-order valence-corrected chi connectivity index (χ1v) is 13.9. The minimum absolute atomic E-state index is 0.0823. The SMILES string of the molecule is [CH2]c1ccc(C2CCN(S(C)(=O)=O)CC2)c(N(CC(F)(F)F)S(=O)(=O)Cc2ccccc2)c1F. The van der Waals surface area contributed by atoms with Crippen LogP contribution in [0.15, 0.2) is 42.5 Å². The van der Waals surface area contributed by atoms with Crippen molar-refractivity contribution in [3.8, 4) is 0 Å². The van der Waals surface area contributed by atoms with Crippen LogP contribution in [-0.4, -0.2) is 53.2 Å². The monoisotopic (exact) mass is 521 g/mol. The fourth-order valence-electron chi connectivity index (χ4n) is 4.04. The summed E-state index contributed by atoms with van der Waals surface area (Å²) in [6.07, 6.45) is -3.48. The molecule has 1 radical (unpaired) electrons. The van der Waals surface area contributed by atoms with E-state index in [0.29, 0.717) is 0 Å². The first kappa shape index (κ1) is 26.4. The van der Waals surface area contributed by atoms with E-state index in [9.17, 15) is 30.0 Å². The quantitative estimate of drug-likeness (QED) is 0.516. The van der Waals surface area contributed by atoms with Crippen molar-refractivity contribution in [1.82, 2.24) is 4.31 Å². The maximum absolute atomic E-state index is 15.3. The summed E-state index contributed by atoms with van der Waals surface area (Å²) in [6, 6.07) is 10.3. The molecule has 3 rings (SSSR count). The Labute approximate surface area is 197 Å². The van der Waals surface area contributed by atoms with Crippen LogP contribution in [0.3, 0.4) is 0 Å². The molecule has 1 aliphatic rings. The Bertz CT molecular complexity index is 1230. The lowest BCUT2D eigenvalue weighted by atomic mass is 9.88. The van der Waals surface area contributed by atoms with Crippen LogP contribution in [0.25, 0.3) is 0 Å². The molecule has 34 heavy (non-hydrogen) atoms. The molecule has 0 spiro atoms. The molecular weight excluding hydrogens is 496 g/mol. The molecule has 0 bridgehead atoms. The van der Waals surface area contributed by atoms with Gasteiger partial charge in [0.1, 0.15) is 6.54 Å². The predicted molar refractivity (Wildman–Crippen MR) is 122 cm³/mol. The van der Waals surface area contributed by atoms with Gasteiger partial charge in [-0.2, -0.15) is 13.2 Å². The highest BCUT2D eigenvalue weighted by Crippen LogP contribution is 2.40. The van der Waals surface area contributed by atoms with Crippen LogP contribution in [0.2, 0.25) is 0 Å². The van der Waals surface area contributed by atoms with E-state index < -0.39 is 55.9 Å². The second-order valence-corrected chi connectivity index (χ2v) is 12.2. The lowest BCUT2D eigenvalue weighted by Crippen LogP contribution is -2.42. The standard InChI is InChI=1S/C22H25F4N2O4S2/c1-16-8-9-19(18-10-12-27(13-11-18)33(2,29)30)21(20(16)23)28(15-22(24,25)26)34(31,32)14-17-6-4-3-5-7-17/h3-9,18H,1,10-15H2,2H3. The summed E-state index contributed by atoms with van der Waals surface area (Å²) in [5, 5.41) is 0. The van der Waals surface area contributed by atoms with Crippen molar-refractivity contribution in [3.63, 3.8) is 0 Å². The molecule has 2 aromatic carbocycles. The zero-order valence-corrected chi connectivity index (χ0v) is 20.1. The van der Waals surface area contributed by atoms with Crippen molar-refractivity contribution in [2.24, 2.45) is 0 Å². The average Bonchev–Trinajstić information content (AvgIpc) is 2.73. The Hall–Kier alpha value is -2.18. The van der Waals surface area contributed by atoms with E-state index in [1.165, 1.54) is 28.6 Å². The van der Waals surface area contributed by atoms with E-state index in [0.717, 1.165) is 6.26 Å². The number of benzene rings is 2. The van der Waals surface area contributed by atoms with Gasteiger partial charge < -0.3 is 0 Å². The van der Waals surface area contributed by atoms with Crippen LogP contribution < -0.4 is 4.31 Å². The third-order valence-electron chi connectivity index (χ3n) is 5.69. The number of piperidine rings is 1. The molecule has 187 valence electrons. The number of halogens is 4. The van der Waals surface area contributed by atoms with E-state index >= 15 is 4.39 Å². The molecular formula is C22H25F4N2O4S2. The number of rotatable bonds is 7. The number of hydrogen-bond donors (Lipinski definition) is 0. The lowest BCUT2D eigenvalue weighted by molar-refractivity contribution is -0.117. The van der Waals surface area contributed by atoms with Gasteiger partial charge in [-0.3, -0.25) is 4.31 Å². The highest BCUT2D eigenvalue weighted by atomic mass is 32.2. The van der Waals surface area contributed by atoms with Gasteiger partial charge in [0, 0.05) is 13.1 Å². The van der Waals surface area contributed by atoms with E-state index in [1.54, 1.807) is 18.2 Å². The third-order valence-corrected chi connectivity index (χ3v) is 8.67. The molecule has 0 amide bonds. The molecule has 1 fully saturated rings. The summed E-state index contributed by atoms with van der Waals surface area (Å²) >= 11 is 0. The van der Waals surface area contributed by atoms with Gasteiger partial charge in [-0.15, -0.1) is 0 Å². The highest BCUT2D eigenvalue weighted by molar-refractivity contribution is 7.92. The van der Waals surface area contributed by atoms with Gasteiger partial charge in [-0.05, 0) is 42.4 Å². The Morgan fingerprint density at radius 1 is 1.03 bits per heavy atom. The lowest BCUT2D eigenvalue weighted by Gasteiger charge is -2.34. The Kier molecular flexibility index (Phi) is 7.63. The van der Waals surface area contributed by atoms with Crippen molar-refractivity contribution in [3.05, 3.63) is 71.9 Å². The van der Waals surface area contributed by atoms with E-state index in [1.807, 2.05) is 0 Å². The van der Waals surface area contributed by atoms with Gasteiger partial charge in [0.25, 0.3) is 0 Å². The topological polar surface area (TPSA) is 74.8 Å². The molecule has 0 atom stereocenters. The van der Waals surface area contributed by atoms with Crippen molar-refractivity contribution >= 4 is 25.7 Å². The predicted octanol–water partition coefficient (Wildman–Crippen LogP) is 4.05. The second-order valence-electron chi connectivity index (χ2n) is 8.28. The molecule has 0 aromatic heterocycles. The summed E-state index contributed by atoms with van der Waals surface area (Å²) in [7, 11) is -8.12. The third kappa shape index (κ3) is 6.28. The van der Waals surface area contributed by atoms with E-state index in [4.69, 9.17) is 0 Å². The summed E-state index contributed by atoms with van der Waals surface area (Å²) in [6.45, 7) is 1.77. The fraction of sp³-hybridized carbons (Fsp3) is 0.409. The van der Waals surface area contributed by atoms with Crippen molar-refractivity contribution < 1.29 is 34.4 Å². The van der Waals surface area contributed by atoms with Gasteiger partial charge in [0.2, 0.25) is 20.0 Å². The summed E-state index contributed by atoms with van der Waals surface area (Å²) in [5.41, 5.74) is -0.587. The van der Waals surface area contributed by atoms with Gasteiger partial charge in [0.05, 0.1) is 17.7 Å². The van der Waals surface area contributed by atoms with Crippen molar-refractivity contribution in [2.75, 3.05) is 30.2 Å². The second kappa shape index (κ2) is 9.82. The molecule has 6 nitrogen and oxygen atoms in total. The number of alkyl halides is 3. The molecule has 2 aromatic rings. The van der Waals surface area contributed by atoms with Gasteiger partial charge in [0.15, 0.2) is 5.82 Å². The molecule has 0 N–H and O–H groups in total. The van der Waals surface area contributed by atoms with Crippen LogP contribution in [0, 0.1) is 12.7 Å². The Morgan fingerprint density at radius 2 is 1.62 bits per heavy atom. The first-order chi connectivity index (χ1) is 15.7. The molecule has 12 heteroatoms. The highest BCUT2D eigenvalue weighted by Gasteiger charge is 2.40. The van der Waals surface area contributed by atoms with Crippen LogP contribution >= 0.6 is 0 Å². The van der Waals surface area contributed by atoms with E-state index in [2.05, 4.69) is 6.92 Å². The molecule has 1 heterocycles. The van der Waals surface area contributed by atoms with Crippen LogP contribution in [0.4, 0.5) is 23.2 Å². The molecule has 0 unspecified atom stereocenters. The maximum Gasteiger partial charge on any atom is 0.407 e. The summed E-state index contributed by atoms with van der Waals surface area (Å²) < 4.78 is 107. The van der Waals surface area contributed by atoms with E-state index in [-0.39, 0.29) is 46.9 Å². The zero-order chi connectivity index (χ0) is 25.3. The Balaban J connectivity index is 2.08. The molecule has 1 aliphatic heterocycles. The van der Waals surface area contributed by atoms with Gasteiger partial charge in [-0.1, -0.05) is 42.5 Å².